The van der Waals surface area contributed by atoms with E-state index >= 15 is 0 Å². The summed E-state index contributed by atoms with van der Waals surface area (Å²) in [5, 5.41) is 4.59. The number of carbonyl (C=O) groups excluding carboxylic acids is 2. The van der Waals surface area contributed by atoms with E-state index in [0.717, 1.165) is 28.7 Å². The summed E-state index contributed by atoms with van der Waals surface area (Å²) in [5.74, 6) is 2.77. The van der Waals surface area contributed by atoms with Crippen LogP contribution in [-0.2, 0) is 4.79 Å². The smallest absolute Gasteiger partial charge is 0.234 e. The molecule has 0 aliphatic carbocycles. The maximum atomic E-state index is 12.4. The number of carbonyl (C=O) groups is 2. The van der Waals surface area contributed by atoms with Crippen LogP contribution in [0.25, 0.3) is 22.3 Å². The summed E-state index contributed by atoms with van der Waals surface area (Å²) in [6.45, 7) is 4.97. The van der Waals surface area contributed by atoms with Crippen molar-refractivity contribution in [3.63, 3.8) is 0 Å². The predicted molar refractivity (Wildman–Crippen MR) is 121 cm³/mol. The van der Waals surface area contributed by atoms with E-state index in [-0.39, 0.29) is 24.2 Å². The molecule has 0 aromatic carbocycles. The van der Waals surface area contributed by atoms with E-state index in [2.05, 4.69) is 33.1 Å². The first-order valence-corrected chi connectivity index (χ1v) is 10.4. The lowest BCUT2D eigenvalue weighted by molar-refractivity contribution is -0.131. The molecule has 158 valence electrons. The molecule has 0 spiro atoms. The highest BCUT2D eigenvalue weighted by molar-refractivity contribution is 5.99. The second-order valence-electron chi connectivity index (χ2n) is 8.13. The monoisotopic (exact) mass is 415 g/mol. The Balaban J connectivity index is 1.71. The molecule has 0 saturated carbocycles. The van der Waals surface area contributed by atoms with Gasteiger partial charge >= 0.3 is 0 Å². The number of terminal acetylenes is 1. The molecular weight excluding hydrogens is 390 g/mol. The van der Waals surface area contributed by atoms with Gasteiger partial charge in [0.05, 0.1) is 17.8 Å². The fourth-order valence-corrected chi connectivity index (χ4v) is 4.22. The van der Waals surface area contributed by atoms with Gasteiger partial charge in [0, 0.05) is 54.2 Å². The number of aromatic nitrogens is 3. The molecule has 3 aromatic heterocycles. The summed E-state index contributed by atoms with van der Waals surface area (Å²) in [6, 6.07) is 5.52. The molecule has 31 heavy (non-hydrogen) atoms. The number of rotatable bonds is 5. The van der Waals surface area contributed by atoms with Crippen LogP contribution < -0.4 is 5.32 Å². The Hall–Kier alpha value is -3.66. The zero-order valence-corrected chi connectivity index (χ0v) is 17.7. The number of aromatic amines is 1. The minimum Gasteiger partial charge on any atom is -0.379 e. The van der Waals surface area contributed by atoms with Crippen molar-refractivity contribution < 1.29 is 9.59 Å². The quantitative estimate of drug-likeness (QED) is 0.492. The van der Waals surface area contributed by atoms with E-state index in [1.165, 1.54) is 6.92 Å². The summed E-state index contributed by atoms with van der Waals surface area (Å²) in [6.07, 6.45) is 11.6. The first-order valence-electron chi connectivity index (χ1n) is 10.4. The summed E-state index contributed by atoms with van der Waals surface area (Å²) in [5.41, 5.74) is 3.74. The van der Waals surface area contributed by atoms with Crippen LogP contribution in [0.1, 0.15) is 37.0 Å². The van der Waals surface area contributed by atoms with E-state index in [1.807, 2.05) is 17.2 Å². The number of H-pyrrole nitrogens is 1. The average Bonchev–Trinajstić information content (AvgIpc) is 3.23. The van der Waals surface area contributed by atoms with Crippen molar-refractivity contribution in [3.8, 4) is 23.6 Å². The molecule has 2 N–H and O–H groups in total. The van der Waals surface area contributed by atoms with Crippen LogP contribution in [0.15, 0.2) is 36.8 Å². The van der Waals surface area contributed by atoms with Gasteiger partial charge in [-0.05, 0) is 37.5 Å². The Morgan fingerprint density at radius 3 is 2.94 bits per heavy atom. The SMILES string of the molecule is C#CCC(=O)N1C[C@@H](C)C[C@@H](Nc2c(-c3cc(C(C)=O)ccn3)cnc3[nH]ccc23)C1. The number of fused-ring (bicyclic) bond motifs is 1. The Bertz CT molecular complexity index is 1180. The second kappa shape index (κ2) is 8.60. The number of hydrogen-bond donors (Lipinski definition) is 2. The molecule has 0 unspecified atom stereocenters. The number of pyridine rings is 2. The van der Waals surface area contributed by atoms with Crippen molar-refractivity contribution in [2.75, 3.05) is 18.4 Å². The van der Waals surface area contributed by atoms with Crippen LogP contribution in [0, 0.1) is 18.3 Å². The third-order valence-corrected chi connectivity index (χ3v) is 5.64. The van der Waals surface area contributed by atoms with Crippen LogP contribution in [0.2, 0.25) is 0 Å². The van der Waals surface area contributed by atoms with Gasteiger partial charge in [0.15, 0.2) is 5.78 Å². The topological polar surface area (TPSA) is 91.0 Å². The third-order valence-electron chi connectivity index (χ3n) is 5.64. The molecule has 2 atom stereocenters. The molecule has 3 aromatic rings. The number of likely N-dealkylation sites (tertiary alicyclic amines) is 1. The first-order chi connectivity index (χ1) is 15.0. The molecule has 7 nitrogen and oxygen atoms in total. The molecule has 1 saturated heterocycles. The third kappa shape index (κ3) is 4.29. The number of nitrogens with zero attached hydrogens (tertiary/aromatic N) is 3. The lowest BCUT2D eigenvalue weighted by Crippen LogP contribution is -2.48. The number of amides is 1. The number of Topliss-reactive ketones (excluding diaryl/α,β-unsaturated/α-hetero) is 1. The van der Waals surface area contributed by atoms with Crippen molar-refractivity contribution >= 4 is 28.4 Å². The number of hydrogen-bond acceptors (Lipinski definition) is 5. The molecule has 4 heterocycles. The number of nitrogens with one attached hydrogen (secondary N) is 2. The van der Waals surface area contributed by atoms with E-state index in [9.17, 15) is 9.59 Å². The summed E-state index contributed by atoms with van der Waals surface area (Å²) in [7, 11) is 0. The molecule has 1 amide bonds. The molecule has 0 bridgehead atoms. The number of anilines is 1. The van der Waals surface area contributed by atoms with Gasteiger partial charge < -0.3 is 15.2 Å². The molecule has 1 aliphatic rings. The summed E-state index contributed by atoms with van der Waals surface area (Å²) >= 11 is 0. The van der Waals surface area contributed by atoms with Gasteiger partial charge in [-0.1, -0.05) is 12.8 Å². The van der Waals surface area contributed by atoms with Crippen molar-refractivity contribution in [1.29, 1.82) is 0 Å². The molecule has 7 heteroatoms. The summed E-state index contributed by atoms with van der Waals surface area (Å²) in [4.78, 5) is 38.3. The van der Waals surface area contributed by atoms with Crippen molar-refractivity contribution in [3.05, 3.63) is 42.4 Å². The summed E-state index contributed by atoms with van der Waals surface area (Å²) < 4.78 is 0. The van der Waals surface area contributed by atoms with Gasteiger partial charge in [-0.3, -0.25) is 14.6 Å². The Kier molecular flexibility index (Phi) is 5.72. The second-order valence-corrected chi connectivity index (χ2v) is 8.13. The maximum Gasteiger partial charge on any atom is 0.234 e. The fourth-order valence-electron chi connectivity index (χ4n) is 4.22. The normalized spacial score (nSPS) is 18.5. The Labute approximate surface area is 181 Å². The van der Waals surface area contributed by atoms with E-state index < -0.39 is 0 Å². The van der Waals surface area contributed by atoms with Crippen molar-refractivity contribution in [2.45, 2.75) is 32.7 Å². The van der Waals surface area contributed by atoms with Gasteiger partial charge in [-0.25, -0.2) is 4.98 Å². The zero-order chi connectivity index (χ0) is 22.0. The average molecular weight is 415 g/mol. The van der Waals surface area contributed by atoms with Gasteiger partial charge in [0.25, 0.3) is 0 Å². The van der Waals surface area contributed by atoms with Crippen LogP contribution in [-0.4, -0.2) is 50.7 Å². The highest BCUT2D eigenvalue weighted by atomic mass is 16.2. The highest BCUT2D eigenvalue weighted by Crippen LogP contribution is 2.34. The molecular formula is C24H25N5O2. The largest absolute Gasteiger partial charge is 0.379 e. The highest BCUT2D eigenvalue weighted by Gasteiger charge is 2.28. The van der Waals surface area contributed by atoms with Crippen LogP contribution in [0.5, 0.6) is 0 Å². The maximum absolute atomic E-state index is 12.4. The van der Waals surface area contributed by atoms with Gasteiger partial charge in [-0.2, -0.15) is 0 Å². The van der Waals surface area contributed by atoms with Gasteiger partial charge in [-0.15, -0.1) is 6.42 Å². The zero-order valence-electron chi connectivity index (χ0n) is 17.7. The van der Waals surface area contributed by atoms with E-state index in [0.29, 0.717) is 30.3 Å². The van der Waals surface area contributed by atoms with E-state index in [1.54, 1.807) is 24.5 Å². The van der Waals surface area contributed by atoms with Crippen molar-refractivity contribution in [1.82, 2.24) is 19.9 Å². The minimum absolute atomic E-state index is 0.0154. The Morgan fingerprint density at radius 2 is 2.16 bits per heavy atom. The van der Waals surface area contributed by atoms with Gasteiger partial charge in [0.2, 0.25) is 5.91 Å². The fraction of sp³-hybridized carbons (Fsp3) is 0.333. The van der Waals surface area contributed by atoms with E-state index in [4.69, 9.17) is 6.42 Å². The standard InChI is InChI=1S/C24H25N5O2/c1-4-5-22(31)29-13-15(2)10-18(14-29)28-23-19-7-9-26-24(19)27-12-20(23)21-11-17(16(3)30)6-8-25-21/h1,6-9,11-12,15,18H,5,10,13-14H2,2-3H3,(H2,26,27,28)/t15-,18+/m0/s1. The van der Waals surface area contributed by atoms with Crippen LogP contribution in [0.4, 0.5) is 5.69 Å². The lowest BCUT2D eigenvalue weighted by atomic mass is 9.94. The van der Waals surface area contributed by atoms with Gasteiger partial charge in [0.1, 0.15) is 5.65 Å². The lowest BCUT2D eigenvalue weighted by Gasteiger charge is -2.37. The van der Waals surface area contributed by atoms with Crippen molar-refractivity contribution in [2.24, 2.45) is 5.92 Å². The Morgan fingerprint density at radius 1 is 1.32 bits per heavy atom. The number of piperidine rings is 1. The molecule has 1 fully saturated rings. The molecule has 4 rings (SSSR count). The first kappa shape index (κ1) is 20.6. The number of ketones is 1. The predicted octanol–water partition coefficient (Wildman–Crippen LogP) is 3.50. The van der Waals surface area contributed by atoms with Crippen LogP contribution in [0.3, 0.4) is 0 Å². The van der Waals surface area contributed by atoms with Crippen LogP contribution >= 0.6 is 0 Å². The molecule has 1 aliphatic heterocycles. The molecule has 0 radical (unpaired) electrons. The minimum atomic E-state index is -0.0161.